The van der Waals surface area contributed by atoms with Crippen LogP contribution < -0.4 is 0 Å². The molecule has 1 aromatic rings. The molecule has 2 heteroatoms. The van der Waals surface area contributed by atoms with Crippen LogP contribution in [-0.2, 0) is 6.42 Å². The minimum absolute atomic E-state index is 0.702. The molecule has 1 saturated heterocycles. The molecule has 0 amide bonds. The molecule has 0 unspecified atom stereocenters. The van der Waals surface area contributed by atoms with Crippen molar-refractivity contribution >= 4 is 5.71 Å². The summed E-state index contributed by atoms with van der Waals surface area (Å²) >= 11 is 0. The van der Waals surface area contributed by atoms with Crippen LogP contribution in [0.15, 0.2) is 70.4 Å². The van der Waals surface area contributed by atoms with Gasteiger partial charge in [-0.15, -0.1) is 6.58 Å². The van der Waals surface area contributed by atoms with Gasteiger partial charge in [0.25, 0.3) is 0 Å². The molecule has 36 heavy (non-hydrogen) atoms. The number of hydrogen-bond acceptors (Lipinski definition) is 2. The highest BCUT2D eigenvalue weighted by atomic mass is 15.1. The molecule has 1 aliphatic carbocycles. The molecule has 0 spiro atoms. The molecule has 198 valence electrons. The van der Waals surface area contributed by atoms with Gasteiger partial charge in [-0.2, -0.15) is 0 Å². The fourth-order valence-electron chi connectivity index (χ4n) is 5.34. The Hall–Kier alpha value is -2.35. The third kappa shape index (κ3) is 8.95. The molecule has 0 aromatic heterocycles. The van der Waals surface area contributed by atoms with Crippen molar-refractivity contribution in [1.82, 2.24) is 4.90 Å². The van der Waals surface area contributed by atoms with E-state index in [0.717, 1.165) is 37.8 Å². The first-order chi connectivity index (χ1) is 17.3. The van der Waals surface area contributed by atoms with Crippen LogP contribution in [0.5, 0.6) is 0 Å². The second-order valence-electron chi connectivity index (χ2n) is 10.6. The van der Waals surface area contributed by atoms with Crippen LogP contribution in [-0.4, -0.2) is 30.2 Å². The highest BCUT2D eigenvalue weighted by molar-refractivity contribution is 6.00. The van der Waals surface area contributed by atoms with E-state index in [9.17, 15) is 0 Å². The highest BCUT2D eigenvalue weighted by Crippen LogP contribution is 2.33. The Morgan fingerprint density at radius 2 is 1.69 bits per heavy atom. The molecule has 0 bridgehead atoms. The van der Waals surface area contributed by atoms with E-state index in [1.165, 1.54) is 84.2 Å². The van der Waals surface area contributed by atoms with Gasteiger partial charge in [0, 0.05) is 24.5 Å². The fourth-order valence-corrected chi connectivity index (χ4v) is 5.34. The number of nitrogens with zero attached hydrogens (tertiary/aromatic N) is 2. The quantitative estimate of drug-likeness (QED) is 0.236. The Kier molecular flexibility index (Phi) is 13.0. The number of piperidine rings is 1. The lowest BCUT2D eigenvalue weighted by Crippen LogP contribution is -2.30. The molecule has 0 saturated carbocycles. The smallest absolute Gasteiger partial charge is 0.0640 e. The van der Waals surface area contributed by atoms with Crippen molar-refractivity contribution in [3.05, 3.63) is 82.1 Å². The van der Waals surface area contributed by atoms with E-state index in [-0.39, 0.29) is 0 Å². The second-order valence-corrected chi connectivity index (χ2v) is 10.6. The minimum Gasteiger partial charge on any atom is -0.375 e. The summed E-state index contributed by atoms with van der Waals surface area (Å²) < 4.78 is 0. The van der Waals surface area contributed by atoms with Crippen molar-refractivity contribution < 1.29 is 0 Å². The highest BCUT2D eigenvalue weighted by Gasteiger charge is 2.20. The normalized spacial score (nSPS) is 16.3. The van der Waals surface area contributed by atoms with E-state index in [1.54, 1.807) is 5.70 Å². The third-order valence-electron chi connectivity index (χ3n) is 7.41. The lowest BCUT2D eigenvalue weighted by atomic mass is 9.89. The first-order valence-electron chi connectivity index (χ1n) is 14.4. The Balaban J connectivity index is 0.000000678. The lowest BCUT2D eigenvalue weighted by Gasteiger charge is -2.35. The zero-order valence-electron chi connectivity index (χ0n) is 24.3. The number of aliphatic imine (C=N–C) groups is 1. The zero-order chi connectivity index (χ0) is 26.5. The van der Waals surface area contributed by atoms with Crippen LogP contribution in [0.3, 0.4) is 0 Å². The fraction of sp³-hybridized carbons (Fsp3) is 0.559. The second kappa shape index (κ2) is 15.7. The minimum atomic E-state index is 0.702. The molecule has 1 aliphatic heterocycles. The summed E-state index contributed by atoms with van der Waals surface area (Å²) in [6.45, 7) is 24.5. The monoisotopic (exact) mass is 488 g/mol. The maximum absolute atomic E-state index is 4.96. The third-order valence-corrected chi connectivity index (χ3v) is 7.41. The van der Waals surface area contributed by atoms with Crippen LogP contribution in [0.1, 0.15) is 109 Å². The first-order valence-corrected chi connectivity index (χ1v) is 14.4. The van der Waals surface area contributed by atoms with Crippen LogP contribution in [0.2, 0.25) is 0 Å². The van der Waals surface area contributed by atoms with Gasteiger partial charge in [0.2, 0.25) is 0 Å². The van der Waals surface area contributed by atoms with E-state index in [1.807, 2.05) is 0 Å². The number of benzene rings is 1. The van der Waals surface area contributed by atoms with E-state index >= 15 is 0 Å². The van der Waals surface area contributed by atoms with Gasteiger partial charge in [0.1, 0.15) is 0 Å². The van der Waals surface area contributed by atoms with Gasteiger partial charge < -0.3 is 4.90 Å². The molecule has 1 fully saturated rings. The number of hydrogen-bond donors (Lipinski definition) is 0. The van der Waals surface area contributed by atoms with Crippen LogP contribution in [0, 0.1) is 6.92 Å². The van der Waals surface area contributed by atoms with E-state index in [0.29, 0.717) is 6.54 Å². The van der Waals surface area contributed by atoms with Crippen molar-refractivity contribution in [2.75, 3.05) is 19.6 Å². The molecule has 2 nitrogen and oxygen atoms in total. The van der Waals surface area contributed by atoms with Gasteiger partial charge in [0.05, 0.1) is 6.54 Å². The molecular weight excluding hydrogens is 436 g/mol. The Bertz CT molecular complexity index is 967. The van der Waals surface area contributed by atoms with Gasteiger partial charge in [0.15, 0.2) is 0 Å². The van der Waals surface area contributed by atoms with Crippen molar-refractivity contribution in [2.45, 2.75) is 106 Å². The first kappa shape index (κ1) is 29.9. The summed E-state index contributed by atoms with van der Waals surface area (Å²) in [6.07, 6.45) is 14.6. The van der Waals surface area contributed by atoms with E-state index in [4.69, 9.17) is 4.99 Å². The predicted octanol–water partition coefficient (Wildman–Crippen LogP) is 9.55. The average Bonchev–Trinajstić information content (AvgIpc) is 2.88. The van der Waals surface area contributed by atoms with E-state index in [2.05, 4.69) is 83.9 Å². The Morgan fingerprint density at radius 1 is 0.972 bits per heavy atom. The summed E-state index contributed by atoms with van der Waals surface area (Å²) in [5.41, 5.74) is 12.3. The predicted molar refractivity (Wildman–Crippen MR) is 161 cm³/mol. The summed E-state index contributed by atoms with van der Waals surface area (Å²) in [6, 6.07) is 6.59. The van der Waals surface area contributed by atoms with Gasteiger partial charge >= 0.3 is 0 Å². The van der Waals surface area contributed by atoms with Crippen molar-refractivity contribution in [3.63, 3.8) is 0 Å². The zero-order valence-corrected chi connectivity index (χ0v) is 24.3. The van der Waals surface area contributed by atoms with Crippen molar-refractivity contribution in [1.29, 1.82) is 0 Å². The number of rotatable bonds is 10. The van der Waals surface area contributed by atoms with Crippen LogP contribution >= 0.6 is 0 Å². The molecule has 1 aromatic carbocycles. The molecule has 0 atom stereocenters. The van der Waals surface area contributed by atoms with Gasteiger partial charge in [-0.3, -0.25) is 4.99 Å². The van der Waals surface area contributed by atoms with Crippen molar-refractivity contribution in [2.24, 2.45) is 4.99 Å². The van der Waals surface area contributed by atoms with Crippen molar-refractivity contribution in [3.8, 4) is 0 Å². The topological polar surface area (TPSA) is 15.6 Å². The molecule has 0 N–H and O–H groups in total. The molecule has 2 aliphatic rings. The van der Waals surface area contributed by atoms with E-state index < -0.39 is 0 Å². The Morgan fingerprint density at radius 3 is 2.28 bits per heavy atom. The Labute approximate surface area is 223 Å². The SMILES string of the molecule is C=C(C)CCC.C=C(CN=C(C)c1cccc(C)c1CCC)C1=CC(CC)=C(N2CCCCC2)CC1. The summed E-state index contributed by atoms with van der Waals surface area (Å²) in [5, 5.41) is 0. The molecule has 0 radical (unpaired) electrons. The van der Waals surface area contributed by atoms with Gasteiger partial charge in [-0.05, 0) is 106 Å². The molecular formula is C34H52N2. The molecule has 1 heterocycles. The maximum atomic E-state index is 4.96. The van der Waals surface area contributed by atoms with Crippen LogP contribution in [0.4, 0.5) is 0 Å². The van der Waals surface area contributed by atoms with Crippen LogP contribution in [0.25, 0.3) is 0 Å². The van der Waals surface area contributed by atoms with Gasteiger partial charge in [-0.25, -0.2) is 0 Å². The summed E-state index contributed by atoms with van der Waals surface area (Å²) in [4.78, 5) is 7.61. The summed E-state index contributed by atoms with van der Waals surface area (Å²) in [7, 11) is 0. The standard InChI is InChI=1S/C28H40N2.C6H12/c1-6-12-26-21(3)13-11-14-27(26)23(5)29-20-22(4)25-15-16-28(24(7-2)19-25)30-17-9-8-10-18-30;1-4-5-6(2)3/h11,13-14,19H,4,6-10,12,15-18,20H2,1-3,5H3;2,4-5H2,1,3H3. The number of aryl methyl sites for hydroxylation is 1. The number of likely N-dealkylation sites (tertiary alicyclic amines) is 1. The average molecular weight is 489 g/mol. The summed E-state index contributed by atoms with van der Waals surface area (Å²) in [5.74, 6) is 0. The lowest BCUT2D eigenvalue weighted by molar-refractivity contribution is 0.273. The molecule has 3 rings (SSSR count). The largest absolute Gasteiger partial charge is 0.375 e. The number of allylic oxidation sites excluding steroid dienone is 4. The van der Waals surface area contributed by atoms with Gasteiger partial charge in [-0.1, -0.05) is 70.0 Å². The maximum Gasteiger partial charge on any atom is 0.0640 e.